The predicted octanol–water partition coefficient (Wildman–Crippen LogP) is 3.81. The Morgan fingerprint density at radius 1 is 1.04 bits per heavy atom. The van der Waals surface area contributed by atoms with Crippen LogP contribution in [0.3, 0.4) is 0 Å². The third-order valence-corrected chi connectivity index (χ3v) is 9.07. The molecule has 2 N–H and O–H groups in total. The van der Waals surface area contributed by atoms with Crippen molar-refractivity contribution in [3.05, 3.63) is 0 Å². The van der Waals surface area contributed by atoms with E-state index < -0.39 is 17.9 Å². The molecule has 133 valence electrons. The topological polar surface area (TPSA) is 58.2 Å². The van der Waals surface area contributed by atoms with Gasteiger partial charge in [0.05, 0.1) is 0 Å². The number of hydrogen-bond donors (Lipinski definition) is 2. The molecule has 1 aliphatic rings. The normalized spacial score (nSPS) is 26.4. The van der Waals surface area contributed by atoms with Gasteiger partial charge in [-0.3, -0.25) is 0 Å². The minimum absolute atomic E-state index is 0.0456. The first-order chi connectivity index (χ1) is 10.7. The molecule has 0 aromatic heterocycles. The van der Waals surface area contributed by atoms with Gasteiger partial charge in [0.15, 0.2) is 0 Å². The average Bonchev–Trinajstić information content (AvgIpc) is 2.36. The number of hydrogen-bond acceptors (Lipinski definition) is 2. The molecule has 0 aromatic carbocycles. The predicted molar refractivity (Wildman–Crippen MR) is 92.0 cm³/mol. The first-order valence-electron chi connectivity index (χ1n) is 9.05. The van der Waals surface area contributed by atoms with Crippen LogP contribution in [0, 0.1) is 5.41 Å². The zero-order valence-electron chi connectivity index (χ0n) is 15.8. The van der Waals surface area contributed by atoms with Crippen LogP contribution in [0.25, 0.3) is 0 Å². The zero-order chi connectivity index (χ0) is 17.7. The number of carbonyl (C=O) groups is 2. The van der Waals surface area contributed by atoms with Crippen molar-refractivity contribution in [2.45, 2.75) is 93.0 Å². The van der Waals surface area contributed by atoms with E-state index in [2.05, 4.69) is 34.9 Å². The van der Waals surface area contributed by atoms with Gasteiger partial charge in [-0.15, -0.1) is 0 Å². The molecular formula is C18H35N2O2Ti. The van der Waals surface area contributed by atoms with E-state index in [-0.39, 0.29) is 27.1 Å². The Morgan fingerprint density at radius 3 is 2.00 bits per heavy atom. The van der Waals surface area contributed by atoms with E-state index >= 15 is 0 Å². The molecule has 2 amide bonds. The molecule has 0 spiro atoms. The van der Waals surface area contributed by atoms with Crippen LogP contribution < -0.4 is 10.6 Å². The second-order valence-electron chi connectivity index (χ2n) is 7.75. The van der Waals surface area contributed by atoms with Crippen molar-refractivity contribution in [2.75, 3.05) is 0 Å². The first kappa shape index (κ1) is 20.7. The summed E-state index contributed by atoms with van der Waals surface area (Å²) in [4.78, 5) is 23.6. The van der Waals surface area contributed by atoms with Gasteiger partial charge in [0.2, 0.25) is 0 Å². The summed E-state index contributed by atoms with van der Waals surface area (Å²) in [5, 5.41) is 11.2. The van der Waals surface area contributed by atoms with Gasteiger partial charge in [0.25, 0.3) is 0 Å². The van der Waals surface area contributed by atoms with E-state index in [0.29, 0.717) is 0 Å². The van der Waals surface area contributed by atoms with Crippen LogP contribution in [0.4, 0.5) is 0 Å². The van der Waals surface area contributed by atoms with Crippen LogP contribution >= 0.6 is 0 Å². The summed E-state index contributed by atoms with van der Waals surface area (Å²) < 4.78 is -0.0540. The van der Waals surface area contributed by atoms with Crippen molar-refractivity contribution in [2.24, 2.45) is 5.41 Å². The zero-order valence-corrected chi connectivity index (χ0v) is 17.4. The van der Waals surface area contributed by atoms with Gasteiger partial charge < -0.3 is 0 Å². The summed E-state index contributed by atoms with van der Waals surface area (Å²) in [5.74, 6) is 0.119. The van der Waals surface area contributed by atoms with Crippen LogP contribution in [0.15, 0.2) is 0 Å². The Kier molecular flexibility index (Phi) is 7.80. The standard InChI is InChI=1S/C16H29N2O2.2CH3.Ti/c1-5-7-16(8-6-2)10-14(17-12(3)19)9-15(11-16)18-13(4)20;;;/h14H,5-11H2,1-4H3,(H,17,19)(H,18,20);2*1H3;. The Bertz CT molecular complexity index is 419. The van der Waals surface area contributed by atoms with Gasteiger partial charge in [-0.2, -0.15) is 0 Å². The fourth-order valence-electron chi connectivity index (χ4n) is 4.69. The molecule has 23 heavy (non-hydrogen) atoms. The second-order valence-corrected chi connectivity index (χ2v) is 12.4. The van der Waals surface area contributed by atoms with Crippen molar-refractivity contribution in [3.63, 3.8) is 0 Å². The van der Waals surface area contributed by atoms with Crippen molar-refractivity contribution in [3.8, 4) is 0 Å². The van der Waals surface area contributed by atoms with E-state index in [1.54, 1.807) is 13.8 Å². The summed E-state index contributed by atoms with van der Waals surface area (Å²) in [7, 11) is 0. The van der Waals surface area contributed by atoms with Crippen molar-refractivity contribution in [1.82, 2.24) is 10.6 Å². The summed E-state index contributed by atoms with van der Waals surface area (Å²) in [6.07, 6.45) is 7.75. The van der Waals surface area contributed by atoms with Crippen LogP contribution in [0.2, 0.25) is 10.5 Å². The number of nitrogens with one attached hydrogen (secondary N) is 2. The van der Waals surface area contributed by atoms with Gasteiger partial charge in [-0.25, -0.2) is 0 Å². The number of carbonyl (C=O) groups excluding carboxylic acids is 2. The SMILES string of the molecule is CCCC1(CCC)CC(NC(C)=O)C[C](NC(C)=O)([Ti]([CH3])[CH3])C1. The van der Waals surface area contributed by atoms with E-state index in [9.17, 15) is 9.59 Å². The molecule has 0 heterocycles. The molecule has 1 saturated carbocycles. The molecule has 0 radical (unpaired) electrons. The molecule has 1 fully saturated rings. The monoisotopic (exact) mass is 359 g/mol. The molecule has 2 unspecified atom stereocenters. The maximum atomic E-state index is 11.9. The third-order valence-electron chi connectivity index (χ3n) is 5.29. The molecule has 5 heteroatoms. The summed E-state index contributed by atoms with van der Waals surface area (Å²) in [5.41, 5.74) is 0.252. The van der Waals surface area contributed by atoms with Crippen LogP contribution in [-0.2, 0) is 27.5 Å². The molecule has 0 aromatic rings. The molecule has 1 rings (SSSR count). The Hall–Kier alpha value is -0.346. The Balaban J connectivity index is 3.21. The van der Waals surface area contributed by atoms with Crippen LogP contribution in [0.1, 0.15) is 72.6 Å². The van der Waals surface area contributed by atoms with E-state index in [1.807, 2.05) is 0 Å². The fraction of sp³-hybridized carbons (Fsp3) is 0.889. The first-order valence-corrected chi connectivity index (χ1v) is 13.0. The van der Waals surface area contributed by atoms with Gasteiger partial charge in [-0.05, 0) is 0 Å². The minimum atomic E-state index is -1.44. The van der Waals surface area contributed by atoms with Gasteiger partial charge in [0, 0.05) is 0 Å². The van der Waals surface area contributed by atoms with Crippen molar-refractivity contribution in [1.29, 1.82) is 0 Å². The van der Waals surface area contributed by atoms with Crippen molar-refractivity contribution >= 4 is 11.8 Å². The van der Waals surface area contributed by atoms with Gasteiger partial charge in [0.1, 0.15) is 0 Å². The van der Waals surface area contributed by atoms with Gasteiger partial charge >= 0.3 is 148 Å². The molecule has 0 aliphatic heterocycles. The summed E-state index contributed by atoms with van der Waals surface area (Å²) in [6, 6.07) is 0.189. The number of rotatable bonds is 7. The van der Waals surface area contributed by atoms with E-state index in [1.165, 1.54) is 12.8 Å². The summed E-state index contributed by atoms with van der Waals surface area (Å²) in [6.45, 7) is 7.72. The Morgan fingerprint density at radius 2 is 1.61 bits per heavy atom. The van der Waals surface area contributed by atoms with Crippen molar-refractivity contribution < 1.29 is 27.5 Å². The summed E-state index contributed by atoms with van der Waals surface area (Å²) >= 11 is -1.44. The maximum absolute atomic E-state index is 11.9. The average molecular weight is 359 g/mol. The second kappa shape index (κ2) is 8.66. The van der Waals surface area contributed by atoms with E-state index in [0.717, 1.165) is 32.1 Å². The Labute approximate surface area is 148 Å². The third kappa shape index (κ3) is 5.60. The molecule has 2 atom stereocenters. The van der Waals surface area contributed by atoms with Crippen LogP contribution in [-0.4, -0.2) is 21.7 Å². The van der Waals surface area contributed by atoms with E-state index in [4.69, 9.17) is 0 Å². The van der Waals surface area contributed by atoms with Gasteiger partial charge in [-0.1, -0.05) is 0 Å². The molecule has 1 aliphatic carbocycles. The molecular weight excluding hydrogens is 324 g/mol. The van der Waals surface area contributed by atoms with Crippen LogP contribution in [0.5, 0.6) is 0 Å². The molecule has 4 nitrogen and oxygen atoms in total. The molecule has 0 saturated heterocycles. The number of amides is 2. The quantitative estimate of drug-likeness (QED) is 0.679. The molecule has 0 bridgehead atoms. The fourth-order valence-corrected chi connectivity index (χ4v) is 7.52.